The second kappa shape index (κ2) is 5.41. The Morgan fingerprint density at radius 3 is 2.20 bits per heavy atom. The third kappa shape index (κ3) is 3.49. The van der Waals surface area contributed by atoms with Gasteiger partial charge in [0.05, 0.1) is 11.6 Å². The first kappa shape index (κ1) is 16.5. The van der Waals surface area contributed by atoms with E-state index in [1.807, 2.05) is 0 Å². The lowest BCUT2D eigenvalue weighted by Crippen LogP contribution is -2.16. The van der Waals surface area contributed by atoms with Crippen molar-refractivity contribution < 1.29 is 35.1 Å². The highest BCUT2D eigenvalue weighted by Gasteiger charge is 2.41. The first-order valence-corrected chi connectivity index (χ1v) is 6.83. The third-order valence-electron chi connectivity index (χ3n) is 2.00. The smallest absolute Gasteiger partial charge is 0.421 e. The van der Waals surface area contributed by atoms with E-state index in [1.165, 1.54) is 0 Å². The molecule has 0 saturated carbocycles. The summed E-state index contributed by atoms with van der Waals surface area (Å²) < 4.78 is 88.6. The van der Waals surface area contributed by atoms with E-state index >= 15 is 0 Å². The summed E-state index contributed by atoms with van der Waals surface area (Å²) in [6.07, 6.45) is -5.28. The summed E-state index contributed by atoms with van der Waals surface area (Å²) in [5.74, 6) is -1.71. The molecule has 0 aliphatic carbocycles. The predicted octanol–water partition coefficient (Wildman–Crippen LogP) is 3.11. The summed E-state index contributed by atoms with van der Waals surface area (Å²) in [4.78, 5) is -1.30. The molecular weight excluding hydrogens is 333 g/mol. The van der Waals surface area contributed by atoms with Crippen molar-refractivity contribution in [3.8, 4) is 11.8 Å². The maximum atomic E-state index is 12.8. The Balaban J connectivity index is 3.81. The van der Waals surface area contributed by atoms with Gasteiger partial charge in [0.15, 0.2) is 5.75 Å². The van der Waals surface area contributed by atoms with Gasteiger partial charge in [-0.2, -0.15) is 27.2 Å². The Hall–Kier alpha value is -1.60. The number of hydrogen-bond donors (Lipinski definition) is 0. The number of halogens is 6. The summed E-state index contributed by atoms with van der Waals surface area (Å²) in [6.45, 7) is -3.73. The van der Waals surface area contributed by atoms with Crippen molar-refractivity contribution in [2.75, 3.05) is 0 Å². The van der Waals surface area contributed by atoms with Gasteiger partial charge < -0.3 is 4.74 Å². The molecule has 0 aliphatic heterocycles. The van der Waals surface area contributed by atoms with Gasteiger partial charge in [0.2, 0.25) is 0 Å². The van der Waals surface area contributed by atoms with Crippen LogP contribution in [0.3, 0.4) is 0 Å². The van der Waals surface area contributed by atoms with E-state index in [4.69, 9.17) is 15.9 Å². The van der Waals surface area contributed by atoms with Crippen LogP contribution in [0.15, 0.2) is 17.0 Å². The van der Waals surface area contributed by atoms with E-state index < -0.39 is 43.6 Å². The maximum Gasteiger partial charge on any atom is 0.421 e. The van der Waals surface area contributed by atoms with Gasteiger partial charge in [-0.1, -0.05) is 0 Å². The van der Waals surface area contributed by atoms with Crippen LogP contribution in [0.25, 0.3) is 0 Å². The second-order valence-electron chi connectivity index (χ2n) is 3.24. The van der Waals surface area contributed by atoms with Gasteiger partial charge in [0, 0.05) is 10.7 Å². The molecule has 0 aliphatic rings. The Morgan fingerprint density at radius 1 is 1.30 bits per heavy atom. The molecule has 11 heteroatoms. The molecule has 0 unspecified atom stereocenters. The Kier molecular flexibility index (Phi) is 4.45. The summed E-state index contributed by atoms with van der Waals surface area (Å²) in [5, 5.41) is 8.56. The molecule has 1 rings (SSSR count). The Bertz CT molecular complexity index is 665. The van der Waals surface area contributed by atoms with Gasteiger partial charge >= 0.3 is 12.8 Å². The standard InChI is InChI=1S/C9H3ClF5NO3S/c10-20(17,18)5-2-1-4(3-16)6(9(13,14)15)7(5)19-8(11)12/h1-2,8H. The lowest BCUT2D eigenvalue weighted by Gasteiger charge is -2.16. The molecule has 0 heterocycles. The fourth-order valence-electron chi connectivity index (χ4n) is 1.34. The molecule has 4 nitrogen and oxygen atoms in total. The Morgan fingerprint density at radius 2 is 1.85 bits per heavy atom. The fourth-order valence-corrected chi connectivity index (χ4v) is 2.30. The van der Waals surface area contributed by atoms with Gasteiger partial charge in [-0.05, 0) is 12.1 Å². The van der Waals surface area contributed by atoms with Crippen LogP contribution in [0.5, 0.6) is 5.75 Å². The van der Waals surface area contributed by atoms with E-state index in [9.17, 15) is 30.4 Å². The first-order valence-electron chi connectivity index (χ1n) is 4.52. The van der Waals surface area contributed by atoms with Crippen molar-refractivity contribution in [1.29, 1.82) is 5.26 Å². The highest BCUT2D eigenvalue weighted by Crippen LogP contribution is 2.43. The molecule has 0 saturated heterocycles. The van der Waals surface area contributed by atoms with Crippen LogP contribution in [-0.2, 0) is 15.2 Å². The van der Waals surface area contributed by atoms with Crippen LogP contribution in [0.4, 0.5) is 22.0 Å². The summed E-state index contributed by atoms with van der Waals surface area (Å²) in [6, 6.07) is 2.09. The zero-order valence-corrected chi connectivity index (χ0v) is 10.7. The van der Waals surface area contributed by atoms with Gasteiger partial charge in [0.1, 0.15) is 10.5 Å². The molecule has 0 bridgehead atoms. The monoisotopic (exact) mass is 335 g/mol. The van der Waals surface area contributed by atoms with Crippen molar-refractivity contribution in [3.63, 3.8) is 0 Å². The van der Waals surface area contributed by atoms with Crippen molar-refractivity contribution >= 4 is 19.7 Å². The van der Waals surface area contributed by atoms with E-state index in [-0.39, 0.29) is 0 Å². The number of alkyl halides is 5. The van der Waals surface area contributed by atoms with Crippen LogP contribution in [-0.4, -0.2) is 15.0 Å². The van der Waals surface area contributed by atoms with Crippen molar-refractivity contribution in [2.24, 2.45) is 0 Å². The molecule has 0 N–H and O–H groups in total. The molecule has 1 aromatic rings. The average molecular weight is 336 g/mol. The fraction of sp³-hybridized carbons (Fsp3) is 0.222. The minimum Gasteiger partial charge on any atom is -0.433 e. The summed E-state index contributed by atoms with van der Waals surface area (Å²) >= 11 is 0. The normalized spacial score (nSPS) is 12.3. The first-order chi connectivity index (χ1) is 8.98. The maximum absolute atomic E-state index is 12.8. The number of benzene rings is 1. The van der Waals surface area contributed by atoms with Gasteiger partial charge in [-0.15, -0.1) is 0 Å². The summed E-state index contributed by atoms with van der Waals surface area (Å²) in [5.41, 5.74) is -3.00. The SMILES string of the molecule is N#Cc1ccc(S(=O)(=O)Cl)c(OC(F)F)c1C(F)(F)F. The lowest BCUT2D eigenvalue weighted by molar-refractivity contribution is -0.142. The van der Waals surface area contributed by atoms with Crippen LogP contribution in [0.1, 0.15) is 11.1 Å². The molecule has 110 valence electrons. The van der Waals surface area contributed by atoms with Crippen molar-refractivity contribution in [2.45, 2.75) is 17.7 Å². The largest absolute Gasteiger partial charge is 0.433 e. The molecule has 1 aromatic carbocycles. The highest BCUT2D eigenvalue weighted by molar-refractivity contribution is 8.13. The topological polar surface area (TPSA) is 67.2 Å². The predicted molar refractivity (Wildman–Crippen MR) is 55.8 cm³/mol. The number of rotatable bonds is 3. The van der Waals surface area contributed by atoms with Gasteiger partial charge in [-0.3, -0.25) is 0 Å². The minimum absolute atomic E-state index is 0.480. The van der Waals surface area contributed by atoms with Crippen molar-refractivity contribution in [3.05, 3.63) is 23.3 Å². The van der Waals surface area contributed by atoms with Gasteiger partial charge in [0.25, 0.3) is 9.05 Å². The third-order valence-corrected chi connectivity index (χ3v) is 3.34. The number of ether oxygens (including phenoxy) is 1. The zero-order valence-electron chi connectivity index (χ0n) is 9.08. The number of nitriles is 1. The van der Waals surface area contributed by atoms with Crippen LogP contribution in [0, 0.1) is 11.3 Å². The number of nitrogens with zero attached hydrogens (tertiary/aromatic N) is 1. The van der Waals surface area contributed by atoms with E-state index in [0.29, 0.717) is 12.1 Å². The van der Waals surface area contributed by atoms with Crippen LogP contribution >= 0.6 is 10.7 Å². The Labute approximate surface area is 113 Å². The highest BCUT2D eigenvalue weighted by atomic mass is 35.7. The molecule has 0 fully saturated rings. The molecule has 20 heavy (non-hydrogen) atoms. The van der Waals surface area contributed by atoms with Crippen LogP contribution < -0.4 is 4.74 Å². The molecule has 0 atom stereocenters. The van der Waals surface area contributed by atoms with E-state index in [2.05, 4.69) is 4.74 Å². The number of hydrogen-bond acceptors (Lipinski definition) is 4. The molecule has 0 aromatic heterocycles. The van der Waals surface area contributed by atoms with Crippen molar-refractivity contribution in [1.82, 2.24) is 0 Å². The second-order valence-corrected chi connectivity index (χ2v) is 5.78. The van der Waals surface area contributed by atoms with Gasteiger partial charge in [-0.25, -0.2) is 8.42 Å². The summed E-state index contributed by atoms with van der Waals surface area (Å²) in [7, 11) is 0.0794. The molecule has 0 spiro atoms. The quantitative estimate of drug-likeness (QED) is 0.629. The van der Waals surface area contributed by atoms with E-state index in [0.717, 1.165) is 6.07 Å². The van der Waals surface area contributed by atoms with Crippen LogP contribution in [0.2, 0.25) is 0 Å². The van der Waals surface area contributed by atoms with E-state index in [1.54, 1.807) is 0 Å². The zero-order chi connectivity index (χ0) is 15.7. The molecule has 0 radical (unpaired) electrons. The average Bonchev–Trinajstić information content (AvgIpc) is 2.24. The molecule has 0 amide bonds. The lowest BCUT2D eigenvalue weighted by atomic mass is 10.1. The minimum atomic E-state index is -5.28. The molecular formula is C9H3ClF5NO3S.